The normalized spacial score (nSPS) is 30.3. The van der Waals surface area contributed by atoms with E-state index in [9.17, 15) is 9.90 Å². The molecular weight excluding hydrogens is 338 g/mol. The number of hydrogen-bond acceptors (Lipinski definition) is 3. The summed E-state index contributed by atoms with van der Waals surface area (Å²) < 4.78 is 5.60. The van der Waals surface area contributed by atoms with Crippen molar-refractivity contribution >= 4 is 11.7 Å². The topological polar surface area (TPSA) is 58.6 Å². The van der Waals surface area contributed by atoms with Crippen molar-refractivity contribution in [1.29, 1.82) is 0 Å². The zero-order chi connectivity index (χ0) is 18.5. The molecule has 140 valence electrons. The molecule has 0 amide bonds. The van der Waals surface area contributed by atoms with Crippen molar-refractivity contribution in [2.45, 2.75) is 38.1 Å². The summed E-state index contributed by atoms with van der Waals surface area (Å²) in [5.41, 5.74) is 4.02. The molecule has 2 aromatic carbocycles. The van der Waals surface area contributed by atoms with Crippen molar-refractivity contribution in [3.8, 4) is 5.75 Å². The predicted octanol–water partition coefficient (Wildman–Crippen LogP) is 5.08. The van der Waals surface area contributed by atoms with Gasteiger partial charge < -0.3 is 15.2 Å². The first-order valence-electron chi connectivity index (χ1n) is 10.0. The average molecular weight is 363 g/mol. The van der Waals surface area contributed by atoms with Crippen LogP contribution in [0.2, 0.25) is 0 Å². The van der Waals surface area contributed by atoms with E-state index in [1.165, 1.54) is 30.4 Å². The minimum absolute atomic E-state index is 0.282. The Morgan fingerprint density at radius 3 is 2.67 bits per heavy atom. The molecule has 2 aliphatic carbocycles. The third-order valence-corrected chi connectivity index (χ3v) is 6.88. The quantitative estimate of drug-likeness (QED) is 0.795. The molecular formula is C23H25NO3. The lowest BCUT2D eigenvalue weighted by atomic mass is 9.68. The molecule has 1 heterocycles. The summed E-state index contributed by atoms with van der Waals surface area (Å²) in [5, 5.41) is 13.2. The van der Waals surface area contributed by atoms with Crippen LogP contribution in [-0.4, -0.2) is 17.7 Å². The van der Waals surface area contributed by atoms with E-state index >= 15 is 0 Å². The van der Waals surface area contributed by atoms with Gasteiger partial charge >= 0.3 is 5.97 Å². The Bertz CT molecular complexity index is 876. The number of fused-ring (bicyclic) bond motifs is 7. The van der Waals surface area contributed by atoms with Crippen LogP contribution in [0.4, 0.5) is 5.69 Å². The van der Waals surface area contributed by atoms with Gasteiger partial charge in [-0.3, -0.25) is 0 Å². The maximum atomic E-state index is 11.5. The van der Waals surface area contributed by atoms with Gasteiger partial charge in [0, 0.05) is 5.69 Å². The van der Waals surface area contributed by atoms with Crippen LogP contribution < -0.4 is 10.1 Å². The van der Waals surface area contributed by atoms with E-state index in [4.69, 9.17) is 4.74 Å². The van der Waals surface area contributed by atoms with Crippen molar-refractivity contribution in [3.05, 3.63) is 59.2 Å². The molecule has 5 rings (SSSR count). The predicted molar refractivity (Wildman–Crippen MR) is 104 cm³/mol. The minimum Gasteiger partial charge on any atom is -0.494 e. The van der Waals surface area contributed by atoms with Gasteiger partial charge in [-0.25, -0.2) is 4.79 Å². The molecule has 0 saturated heterocycles. The first-order chi connectivity index (χ1) is 13.2. The lowest BCUT2D eigenvalue weighted by Crippen LogP contribution is -2.35. The zero-order valence-electron chi connectivity index (χ0n) is 15.5. The summed E-state index contributed by atoms with van der Waals surface area (Å²) in [4.78, 5) is 11.5. The van der Waals surface area contributed by atoms with E-state index in [1.807, 2.05) is 19.1 Å². The number of anilines is 1. The van der Waals surface area contributed by atoms with E-state index in [2.05, 4.69) is 29.6 Å². The number of carbonyl (C=O) groups is 1. The van der Waals surface area contributed by atoms with Crippen molar-refractivity contribution in [3.63, 3.8) is 0 Å². The van der Waals surface area contributed by atoms with Crippen LogP contribution in [0.15, 0.2) is 42.5 Å². The average Bonchev–Trinajstić information content (AvgIpc) is 3.30. The highest BCUT2D eigenvalue weighted by Gasteiger charge is 2.53. The summed E-state index contributed by atoms with van der Waals surface area (Å²) in [7, 11) is 0. The second-order valence-electron chi connectivity index (χ2n) is 8.17. The van der Waals surface area contributed by atoms with Gasteiger partial charge in [-0.1, -0.05) is 12.1 Å². The number of ether oxygens (including phenoxy) is 1. The smallest absolute Gasteiger partial charge is 0.335 e. The number of aromatic carboxylic acids is 1. The Balaban J connectivity index is 1.55. The Morgan fingerprint density at radius 2 is 1.93 bits per heavy atom. The highest BCUT2D eigenvalue weighted by molar-refractivity contribution is 5.88. The first kappa shape index (κ1) is 16.7. The summed E-state index contributed by atoms with van der Waals surface area (Å²) in [6, 6.07) is 14.4. The lowest BCUT2D eigenvalue weighted by molar-refractivity contribution is 0.0696. The highest BCUT2D eigenvalue weighted by atomic mass is 16.5. The second kappa shape index (κ2) is 6.29. The molecule has 2 bridgehead atoms. The molecule has 0 unspecified atom stereocenters. The van der Waals surface area contributed by atoms with Crippen LogP contribution >= 0.6 is 0 Å². The number of rotatable bonds is 4. The van der Waals surface area contributed by atoms with Crippen molar-refractivity contribution < 1.29 is 14.6 Å². The second-order valence-corrected chi connectivity index (χ2v) is 8.17. The molecule has 3 aliphatic rings. The van der Waals surface area contributed by atoms with Gasteiger partial charge in [-0.2, -0.15) is 0 Å². The Hall–Kier alpha value is -2.49. The van der Waals surface area contributed by atoms with E-state index in [0.717, 1.165) is 17.4 Å². The number of nitrogens with one attached hydrogen (secondary N) is 1. The summed E-state index contributed by atoms with van der Waals surface area (Å²) in [6.45, 7) is 2.67. The zero-order valence-corrected chi connectivity index (χ0v) is 15.5. The molecule has 2 fully saturated rings. The molecule has 27 heavy (non-hydrogen) atoms. The van der Waals surface area contributed by atoms with Gasteiger partial charge in [-0.15, -0.1) is 0 Å². The van der Waals surface area contributed by atoms with Gasteiger partial charge in [-0.05, 0) is 91.3 Å². The van der Waals surface area contributed by atoms with Crippen molar-refractivity contribution in [2.75, 3.05) is 11.9 Å². The van der Waals surface area contributed by atoms with Crippen LogP contribution in [0, 0.1) is 17.8 Å². The molecule has 2 aromatic rings. The molecule has 4 nitrogen and oxygen atoms in total. The fourth-order valence-electron chi connectivity index (χ4n) is 5.89. The van der Waals surface area contributed by atoms with Gasteiger partial charge in [0.05, 0.1) is 18.2 Å². The number of carboxylic acid groups (broad SMARTS) is 1. The van der Waals surface area contributed by atoms with Crippen LogP contribution in [0.5, 0.6) is 5.75 Å². The molecule has 0 aromatic heterocycles. The van der Waals surface area contributed by atoms with E-state index in [0.29, 0.717) is 29.9 Å². The fraction of sp³-hybridized carbons (Fsp3) is 0.435. The van der Waals surface area contributed by atoms with E-state index < -0.39 is 5.97 Å². The van der Waals surface area contributed by atoms with Gasteiger partial charge in [0.1, 0.15) is 5.75 Å². The molecule has 0 spiro atoms. The molecule has 0 radical (unpaired) electrons. The van der Waals surface area contributed by atoms with Crippen LogP contribution in [0.3, 0.4) is 0 Å². The highest BCUT2D eigenvalue weighted by Crippen LogP contribution is 2.63. The molecule has 1 aliphatic heterocycles. The number of carboxylic acids is 1. The minimum atomic E-state index is -0.842. The number of benzene rings is 2. The third-order valence-electron chi connectivity index (χ3n) is 6.88. The maximum Gasteiger partial charge on any atom is 0.335 e. The molecule has 2 saturated carbocycles. The Kier molecular flexibility index (Phi) is 3.88. The molecule has 4 heteroatoms. The molecule has 5 atom stereocenters. The van der Waals surface area contributed by atoms with E-state index in [1.54, 1.807) is 6.07 Å². The molecule has 2 N–H and O–H groups in total. The van der Waals surface area contributed by atoms with Crippen LogP contribution in [-0.2, 0) is 0 Å². The van der Waals surface area contributed by atoms with Gasteiger partial charge in [0.2, 0.25) is 0 Å². The largest absolute Gasteiger partial charge is 0.494 e. The Morgan fingerprint density at radius 1 is 1.15 bits per heavy atom. The summed E-state index contributed by atoms with van der Waals surface area (Å²) in [5.74, 6) is 2.49. The first-order valence-corrected chi connectivity index (χ1v) is 10.0. The van der Waals surface area contributed by atoms with E-state index in [-0.39, 0.29) is 6.04 Å². The van der Waals surface area contributed by atoms with Crippen molar-refractivity contribution in [1.82, 2.24) is 0 Å². The van der Waals surface area contributed by atoms with Crippen LogP contribution in [0.1, 0.15) is 59.6 Å². The summed E-state index contributed by atoms with van der Waals surface area (Å²) >= 11 is 0. The third kappa shape index (κ3) is 2.61. The standard InChI is InChI=1S/C23H25NO3/c1-2-27-17-8-5-13(6-9-17)22-21-15-4-3-14(11-15)20(21)18-12-16(23(25)26)7-10-19(18)24-22/h5-10,12,14-15,20-22,24H,2-4,11H2,1H3,(H,25,26)/t14-,15-,20-,21+,22-/m0/s1. The lowest BCUT2D eigenvalue weighted by Gasteiger charge is -2.43. The monoisotopic (exact) mass is 363 g/mol. The number of hydrogen-bond donors (Lipinski definition) is 2. The van der Waals surface area contributed by atoms with Crippen LogP contribution in [0.25, 0.3) is 0 Å². The fourth-order valence-corrected chi connectivity index (χ4v) is 5.89. The Labute approximate surface area is 159 Å². The maximum absolute atomic E-state index is 11.5. The van der Waals surface area contributed by atoms with Gasteiger partial charge in [0.25, 0.3) is 0 Å². The van der Waals surface area contributed by atoms with Gasteiger partial charge in [0.15, 0.2) is 0 Å². The van der Waals surface area contributed by atoms with Crippen molar-refractivity contribution in [2.24, 2.45) is 17.8 Å². The summed E-state index contributed by atoms with van der Waals surface area (Å²) in [6.07, 6.45) is 3.86. The SMILES string of the molecule is CCOc1ccc([C@@H]2Nc3ccc(C(=O)O)cc3[C@@H]3[C@H]4CC[C@@H](C4)[C@H]32)cc1.